The molecule has 0 fully saturated rings. The lowest BCUT2D eigenvalue weighted by Gasteiger charge is -2.07. The number of carbonyl (C=O) groups excluding carboxylic acids is 1. The molecule has 0 saturated carbocycles. The highest BCUT2D eigenvalue weighted by molar-refractivity contribution is 5.69. The molecule has 112 valence electrons. The Labute approximate surface area is 121 Å². The molecule has 0 bridgehead atoms. The fraction of sp³-hybridized carbons (Fsp3) is 0.562. The van der Waals surface area contributed by atoms with Crippen LogP contribution in [0.15, 0.2) is 18.2 Å². The molecule has 1 aromatic carbocycles. The van der Waals surface area contributed by atoms with Crippen molar-refractivity contribution in [2.75, 3.05) is 11.5 Å². The third-order valence-electron chi connectivity index (χ3n) is 3.17. The summed E-state index contributed by atoms with van der Waals surface area (Å²) in [5, 5.41) is 0. The summed E-state index contributed by atoms with van der Waals surface area (Å²) >= 11 is 0. The second-order valence-electron chi connectivity index (χ2n) is 5.19. The van der Waals surface area contributed by atoms with Crippen LogP contribution in [-0.4, -0.2) is 5.97 Å². The SMILES string of the molecule is CCCCCCCCC(=O)OCc1cc(N)cc(N)c1. The van der Waals surface area contributed by atoms with E-state index in [1.54, 1.807) is 18.2 Å². The zero-order chi connectivity index (χ0) is 14.8. The molecule has 0 aliphatic carbocycles. The summed E-state index contributed by atoms with van der Waals surface area (Å²) in [6.07, 6.45) is 7.47. The molecule has 0 radical (unpaired) electrons. The molecule has 0 saturated heterocycles. The van der Waals surface area contributed by atoms with Gasteiger partial charge >= 0.3 is 5.97 Å². The molecule has 1 rings (SSSR count). The van der Waals surface area contributed by atoms with Crippen molar-refractivity contribution < 1.29 is 9.53 Å². The number of hydrogen-bond donors (Lipinski definition) is 2. The van der Waals surface area contributed by atoms with Gasteiger partial charge in [-0.25, -0.2) is 0 Å². The number of benzene rings is 1. The Kier molecular flexibility index (Phi) is 7.55. The van der Waals surface area contributed by atoms with Crippen molar-refractivity contribution >= 4 is 17.3 Å². The van der Waals surface area contributed by atoms with E-state index in [2.05, 4.69) is 6.92 Å². The molecule has 20 heavy (non-hydrogen) atoms. The second-order valence-corrected chi connectivity index (χ2v) is 5.19. The maximum atomic E-state index is 11.6. The normalized spacial score (nSPS) is 10.4. The van der Waals surface area contributed by atoms with Crippen LogP contribution in [-0.2, 0) is 16.1 Å². The molecule has 0 spiro atoms. The molecule has 0 aliphatic rings. The fourth-order valence-corrected chi connectivity index (χ4v) is 2.11. The first-order valence-electron chi connectivity index (χ1n) is 7.42. The van der Waals surface area contributed by atoms with Crippen molar-refractivity contribution in [3.05, 3.63) is 23.8 Å². The van der Waals surface area contributed by atoms with Crippen molar-refractivity contribution in [2.45, 2.75) is 58.5 Å². The van der Waals surface area contributed by atoms with Gasteiger partial charge in [-0.3, -0.25) is 4.79 Å². The van der Waals surface area contributed by atoms with E-state index in [4.69, 9.17) is 16.2 Å². The van der Waals surface area contributed by atoms with Gasteiger partial charge < -0.3 is 16.2 Å². The van der Waals surface area contributed by atoms with E-state index in [1.807, 2.05) is 0 Å². The van der Waals surface area contributed by atoms with Crippen molar-refractivity contribution in [3.63, 3.8) is 0 Å². The zero-order valence-electron chi connectivity index (χ0n) is 12.4. The third-order valence-corrected chi connectivity index (χ3v) is 3.17. The largest absolute Gasteiger partial charge is 0.461 e. The number of anilines is 2. The summed E-state index contributed by atoms with van der Waals surface area (Å²) in [7, 11) is 0. The second kappa shape index (κ2) is 9.23. The highest BCUT2D eigenvalue weighted by Gasteiger charge is 2.04. The van der Waals surface area contributed by atoms with Crippen LogP contribution in [0.25, 0.3) is 0 Å². The summed E-state index contributed by atoms with van der Waals surface area (Å²) in [5.41, 5.74) is 13.4. The highest BCUT2D eigenvalue weighted by atomic mass is 16.5. The van der Waals surface area contributed by atoms with Crippen LogP contribution in [0.5, 0.6) is 0 Å². The van der Waals surface area contributed by atoms with Gasteiger partial charge in [0, 0.05) is 17.8 Å². The summed E-state index contributed by atoms with van der Waals surface area (Å²) in [5.74, 6) is -0.151. The number of carbonyl (C=O) groups is 1. The van der Waals surface area contributed by atoms with Gasteiger partial charge in [-0.1, -0.05) is 39.0 Å². The predicted octanol–water partition coefficient (Wildman–Crippen LogP) is 3.64. The zero-order valence-corrected chi connectivity index (χ0v) is 12.4. The molecule has 0 aliphatic heterocycles. The average molecular weight is 278 g/mol. The van der Waals surface area contributed by atoms with Gasteiger partial charge in [-0.2, -0.15) is 0 Å². The summed E-state index contributed by atoms with van der Waals surface area (Å²) in [4.78, 5) is 11.6. The van der Waals surface area contributed by atoms with Gasteiger partial charge in [0.25, 0.3) is 0 Å². The Morgan fingerprint density at radius 1 is 1.00 bits per heavy atom. The topological polar surface area (TPSA) is 78.3 Å². The Morgan fingerprint density at radius 3 is 2.25 bits per heavy atom. The van der Waals surface area contributed by atoms with Gasteiger partial charge in [0.15, 0.2) is 0 Å². The molecule has 0 atom stereocenters. The summed E-state index contributed by atoms with van der Waals surface area (Å²) < 4.78 is 5.22. The highest BCUT2D eigenvalue weighted by Crippen LogP contribution is 2.15. The first kappa shape index (κ1) is 16.3. The molecule has 0 heterocycles. The minimum Gasteiger partial charge on any atom is -0.461 e. The fourth-order valence-electron chi connectivity index (χ4n) is 2.11. The van der Waals surface area contributed by atoms with E-state index in [0.717, 1.165) is 18.4 Å². The quantitative estimate of drug-likeness (QED) is 0.410. The number of unbranched alkanes of at least 4 members (excludes halogenated alkanes) is 5. The predicted molar refractivity (Wildman–Crippen MR) is 83.1 cm³/mol. The molecular weight excluding hydrogens is 252 g/mol. The first-order valence-corrected chi connectivity index (χ1v) is 7.42. The minimum atomic E-state index is -0.151. The van der Waals surface area contributed by atoms with E-state index >= 15 is 0 Å². The summed E-state index contributed by atoms with van der Waals surface area (Å²) in [6, 6.07) is 5.23. The molecule has 4 heteroatoms. The van der Waals surface area contributed by atoms with Gasteiger partial charge in [-0.15, -0.1) is 0 Å². The van der Waals surface area contributed by atoms with Crippen LogP contribution in [0.3, 0.4) is 0 Å². The Morgan fingerprint density at radius 2 is 1.60 bits per heavy atom. The average Bonchev–Trinajstić information content (AvgIpc) is 2.39. The number of esters is 1. The van der Waals surface area contributed by atoms with Crippen LogP contribution in [0.1, 0.15) is 57.4 Å². The van der Waals surface area contributed by atoms with Crippen LogP contribution < -0.4 is 11.5 Å². The van der Waals surface area contributed by atoms with E-state index in [-0.39, 0.29) is 12.6 Å². The number of rotatable bonds is 9. The standard InChI is InChI=1S/C16H26N2O2/c1-2-3-4-5-6-7-8-16(19)20-12-13-9-14(17)11-15(18)10-13/h9-11H,2-8,12,17-18H2,1H3. The van der Waals surface area contributed by atoms with Gasteiger partial charge in [0.05, 0.1) is 0 Å². The molecule has 4 nitrogen and oxygen atoms in total. The molecule has 0 aromatic heterocycles. The monoisotopic (exact) mass is 278 g/mol. The minimum absolute atomic E-state index is 0.151. The number of ether oxygens (including phenoxy) is 1. The number of nitrogen functional groups attached to an aromatic ring is 2. The number of hydrogen-bond acceptors (Lipinski definition) is 4. The van der Waals surface area contributed by atoms with E-state index in [0.29, 0.717) is 17.8 Å². The van der Waals surface area contributed by atoms with Crippen LogP contribution in [0, 0.1) is 0 Å². The van der Waals surface area contributed by atoms with Crippen LogP contribution in [0.4, 0.5) is 11.4 Å². The number of nitrogens with two attached hydrogens (primary N) is 2. The van der Waals surface area contributed by atoms with Gasteiger partial charge in [-0.05, 0) is 30.2 Å². The van der Waals surface area contributed by atoms with Crippen molar-refractivity contribution in [1.29, 1.82) is 0 Å². The molecule has 0 amide bonds. The lowest BCUT2D eigenvalue weighted by molar-refractivity contribution is -0.145. The molecule has 4 N–H and O–H groups in total. The Balaban J connectivity index is 2.16. The van der Waals surface area contributed by atoms with E-state index in [1.165, 1.54) is 25.7 Å². The van der Waals surface area contributed by atoms with Crippen molar-refractivity contribution in [1.82, 2.24) is 0 Å². The van der Waals surface area contributed by atoms with Crippen LogP contribution >= 0.6 is 0 Å². The van der Waals surface area contributed by atoms with Crippen molar-refractivity contribution in [3.8, 4) is 0 Å². The van der Waals surface area contributed by atoms with Crippen LogP contribution in [0.2, 0.25) is 0 Å². The smallest absolute Gasteiger partial charge is 0.306 e. The lowest BCUT2D eigenvalue weighted by atomic mass is 10.1. The summed E-state index contributed by atoms with van der Waals surface area (Å²) in [6.45, 7) is 2.43. The van der Waals surface area contributed by atoms with Crippen molar-refractivity contribution in [2.24, 2.45) is 0 Å². The van der Waals surface area contributed by atoms with Gasteiger partial charge in [0.1, 0.15) is 6.61 Å². The first-order chi connectivity index (χ1) is 9.61. The molecule has 1 aromatic rings. The Hall–Kier alpha value is -1.71. The maximum Gasteiger partial charge on any atom is 0.306 e. The maximum absolute atomic E-state index is 11.6. The molecular formula is C16H26N2O2. The van der Waals surface area contributed by atoms with E-state index in [9.17, 15) is 4.79 Å². The van der Waals surface area contributed by atoms with E-state index < -0.39 is 0 Å². The van der Waals surface area contributed by atoms with Gasteiger partial charge in [0.2, 0.25) is 0 Å². The Bertz CT molecular complexity index is 399. The lowest BCUT2D eigenvalue weighted by Crippen LogP contribution is -2.05. The third kappa shape index (κ3) is 7.02. The molecule has 0 unspecified atom stereocenters.